The summed E-state index contributed by atoms with van der Waals surface area (Å²) in [6.45, 7) is 3.59. The third-order valence-electron chi connectivity index (χ3n) is 3.73. The predicted molar refractivity (Wildman–Crippen MR) is 84.3 cm³/mol. The van der Waals surface area contributed by atoms with Crippen LogP contribution in [0.15, 0.2) is 18.2 Å². The molecule has 0 aromatic heterocycles. The SMILES string of the molecule is COc1ccc(NC(C)CC2CCCN2)cc1OCCO. The predicted octanol–water partition coefficient (Wildman–Crippen LogP) is 2.01. The van der Waals surface area contributed by atoms with E-state index in [2.05, 4.69) is 17.6 Å². The number of hydrogen-bond donors (Lipinski definition) is 3. The van der Waals surface area contributed by atoms with E-state index in [9.17, 15) is 0 Å². The van der Waals surface area contributed by atoms with Crippen LogP contribution in [0.3, 0.4) is 0 Å². The lowest BCUT2D eigenvalue weighted by atomic mass is 10.1. The quantitative estimate of drug-likeness (QED) is 0.684. The van der Waals surface area contributed by atoms with Gasteiger partial charge in [-0.2, -0.15) is 0 Å². The summed E-state index contributed by atoms with van der Waals surface area (Å²) in [5.74, 6) is 1.34. The maximum absolute atomic E-state index is 8.88. The fourth-order valence-corrected chi connectivity index (χ4v) is 2.76. The molecular formula is C16H26N2O3. The van der Waals surface area contributed by atoms with E-state index >= 15 is 0 Å². The number of anilines is 1. The van der Waals surface area contributed by atoms with Crippen LogP contribution in [0.2, 0.25) is 0 Å². The third-order valence-corrected chi connectivity index (χ3v) is 3.73. The molecule has 3 N–H and O–H groups in total. The summed E-state index contributed by atoms with van der Waals surface area (Å²) in [6.07, 6.45) is 3.65. The molecule has 1 aromatic carbocycles. The first-order valence-corrected chi connectivity index (χ1v) is 7.64. The van der Waals surface area contributed by atoms with Crippen molar-refractivity contribution in [2.75, 3.05) is 32.2 Å². The van der Waals surface area contributed by atoms with E-state index in [0.29, 0.717) is 23.6 Å². The topological polar surface area (TPSA) is 62.8 Å². The van der Waals surface area contributed by atoms with Crippen molar-refractivity contribution in [3.05, 3.63) is 18.2 Å². The molecule has 0 amide bonds. The zero-order chi connectivity index (χ0) is 15.1. The van der Waals surface area contributed by atoms with Crippen LogP contribution in [0.25, 0.3) is 0 Å². The van der Waals surface area contributed by atoms with Crippen LogP contribution in [-0.4, -0.2) is 44.1 Å². The van der Waals surface area contributed by atoms with E-state index in [4.69, 9.17) is 14.6 Å². The average Bonchev–Trinajstić information content (AvgIpc) is 2.98. The fraction of sp³-hybridized carbons (Fsp3) is 0.625. The van der Waals surface area contributed by atoms with Crippen molar-refractivity contribution in [1.29, 1.82) is 0 Å². The molecule has 1 heterocycles. The van der Waals surface area contributed by atoms with Crippen LogP contribution in [0, 0.1) is 0 Å². The highest BCUT2D eigenvalue weighted by Crippen LogP contribution is 2.30. The molecule has 118 valence electrons. The molecule has 1 fully saturated rings. The second kappa shape index (κ2) is 8.10. The summed E-state index contributed by atoms with van der Waals surface area (Å²) < 4.78 is 10.8. The van der Waals surface area contributed by atoms with Gasteiger partial charge in [0.2, 0.25) is 0 Å². The maximum atomic E-state index is 8.88. The van der Waals surface area contributed by atoms with E-state index in [0.717, 1.165) is 18.7 Å². The van der Waals surface area contributed by atoms with Gasteiger partial charge in [0.05, 0.1) is 13.7 Å². The molecule has 1 aliphatic heterocycles. The Bertz CT molecular complexity index is 434. The number of nitrogens with one attached hydrogen (secondary N) is 2. The molecule has 2 atom stereocenters. The van der Waals surface area contributed by atoms with Crippen LogP contribution in [0.1, 0.15) is 26.2 Å². The lowest BCUT2D eigenvalue weighted by molar-refractivity contribution is 0.196. The van der Waals surface area contributed by atoms with E-state index < -0.39 is 0 Å². The lowest BCUT2D eigenvalue weighted by Crippen LogP contribution is -2.29. The third kappa shape index (κ3) is 4.79. The Labute approximate surface area is 126 Å². The Kier molecular flexibility index (Phi) is 6.14. The van der Waals surface area contributed by atoms with Crippen molar-refractivity contribution in [2.24, 2.45) is 0 Å². The minimum Gasteiger partial charge on any atom is -0.493 e. The minimum absolute atomic E-state index is 0.00936. The van der Waals surface area contributed by atoms with Gasteiger partial charge >= 0.3 is 0 Å². The average molecular weight is 294 g/mol. The lowest BCUT2D eigenvalue weighted by Gasteiger charge is -2.20. The fourth-order valence-electron chi connectivity index (χ4n) is 2.76. The molecule has 5 nitrogen and oxygen atoms in total. The Hall–Kier alpha value is -1.46. The van der Waals surface area contributed by atoms with Crippen molar-refractivity contribution in [2.45, 2.75) is 38.3 Å². The van der Waals surface area contributed by atoms with E-state index in [1.165, 1.54) is 12.8 Å². The van der Waals surface area contributed by atoms with Crippen LogP contribution >= 0.6 is 0 Å². The second-order valence-corrected chi connectivity index (χ2v) is 5.51. The summed E-state index contributed by atoms with van der Waals surface area (Å²) >= 11 is 0. The standard InChI is InChI=1S/C16H26N2O3/c1-12(10-13-4-3-7-17-13)18-14-5-6-15(20-2)16(11-14)21-9-8-19/h5-6,11-13,17-19H,3-4,7-10H2,1-2H3. The number of ether oxygens (including phenoxy) is 2. The molecule has 0 bridgehead atoms. The van der Waals surface area contributed by atoms with Crippen LogP contribution in [0.5, 0.6) is 11.5 Å². The van der Waals surface area contributed by atoms with E-state index in [-0.39, 0.29) is 13.2 Å². The van der Waals surface area contributed by atoms with Crippen LogP contribution in [0.4, 0.5) is 5.69 Å². The van der Waals surface area contributed by atoms with Crippen molar-refractivity contribution in [3.63, 3.8) is 0 Å². The zero-order valence-electron chi connectivity index (χ0n) is 12.9. The van der Waals surface area contributed by atoms with E-state index in [1.807, 2.05) is 18.2 Å². The molecule has 0 spiro atoms. The highest BCUT2D eigenvalue weighted by Gasteiger charge is 2.17. The van der Waals surface area contributed by atoms with Crippen molar-refractivity contribution in [3.8, 4) is 11.5 Å². The highest BCUT2D eigenvalue weighted by atomic mass is 16.5. The van der Waals surface area contributed by atoms with Crippen molar-refractivity contribution in [1.82, 2.24) is 5.32 Å². The first-order chi connectivity index (χ1) is 10.2. The van der Waals surface area contributed by atoms with Gasteiger partial charge in [-0.25, -0.2) is 0 Å². The summed E-state index contributed by atoms with van der Waals surface area (Å²) in [6, 6.07) is 6.81. The summed E-state index contributed by atoms with van der Waals surface area (Å²) in [5.41, 5.74) is 1.01. The van der Waals surface area contributed by atoms with Crippen molar-refractivity contribution < 1.29 is 14.6 Å². The van der Waals surface area contributed by atoms with Gasteiger partial charge in [0, 0.05) is 23.8 Å². The number of benzene rings is 1. The van der Waals surface area contributed by atoms with Gasteiger partial charge in [0.15, 0.2) is 11.5 Å². The molecule has 0 saturated carbocycles. The normalized spacial score (nSPS) is 19.3. The number of aliphatic hydroxyl groups excluding tert-OH is 1. The molecule has 5 heteroatoms. The minimum atomic E-state index is -0.00936. The maximum Gasteiger partial charge on any atom is 0.163 e. The Morgan fingerprint density at radius 2 is 2.29 bits per heavy atom. The van der Waals surface area contributed by atoms with Gasteiger partial charge in [-0.1, -0.05) is 0 Å². The van der Waals surface area contributed by atoms with Crippen molar-refractivity contribution >= 4 is 5.69 Å². The summed E-state index contributed by atoms with van der Waals surface area (Å²) in [5, 5.41) is 15.9. The molecule has 1 saturated heterocycles. The van der Waals surface area contributed by atoms with Gasteiger partial charge < -0.3 is 25.2 Å². The van der Waals surface area contributed by atoms with Gasteiger partial charge in [-0.15, -0.1) is 0 Å². The monoisotopic (exact) mass is 294 g/mol. The summed E-state index contributed by atoms with van der Waals surface area (Å²) in [7, 11) is 1.61. The molecular weight excluding hydrogens is 268 g/mol. The molecule has 0 aliphatic carbocycles. The molecule has 21 heavy (non-hydrogen) atoms. The Morgan fingerprint density at radius 1 is 1.43 bits per heavy atom. The first kappa shape index (κ1) is 15.9. The molecule has 1 aromatic rings. The second-order valence-electron chi connectivity index (χ2n) is 5.51. The van der Waals surface area contributed by atoms with Gasteiger partial charge in [0.25, 0.3) is 0 Å². The largest absolute Gasteiger partial charge is 0.493 e. The van der Waals surface area contributed by atoms with Gasteiger partial charge in [-0.3, -0.25) is 0 Å². The van der Waals surface area contributed by atoms with Crippen LogP contribution < -0.4 is 20.1 Å². The first-order valence-electron chi connectivity index (χ1n) is 7.64. The van der Waals surface area contributed by atoms with Gasteiger partial charge in [-0.05, 0) is 44.9 Å². The smallest absolute Gasteiger partial charge is 0.163 e. The Balaban J connectivity index is 1.94. The van der Waals surface area contributed by atoms with E-state index in [1.54, 1.807) is 7.11 Å². The van der Waals surface area contributed by atoms with Gasteiger partial charge in [0.1, 0.15) is 6.61 Å². The number of rotatable bonds is 8. The summed E-state index contributed by atoms with van der Waals surface area (Å²) in [4.78, 5) is 0. The highest BCUT2D eigenvalue weighted by molar-refractivity contribution is 5.55. The number of methoxy groups -OCH3 is 1. The molecule has 2 unspecified atom stereocenters. The van der Waals surface area contributed by atoms with Crippen LogP contribution in [-0.2, 0) is 0 Å². The Morgan fingerprint density at radius 3 is 2.95 bits per heavy atom. The zero-order valence-corrected chi connectivity index (χ0v) is 12.9. The molecule has 1 aliphatic rings. The molecule has 0 radical (unpaired) electrons. The number of aliphatic hydroxyl groups is 1. The molecule has 2 rings (SSSR count). The number of hydrogen-bond acceptors (Lipinski definition) is 5.